The van der Waals surface area contributed by atoms with Gasteiger partial charge in [0.05, 0.1) is 0 Å². The zero-order valence-corrected chi connectivity index (χ0v) is 7.46. The quantitative estimate of drug-likeness (QED) is 0.711. The third-order valence-electron chi connectivity index (χ3n) is 1.65. The molecule has 0 aromatic carbocycles. The van der Waals surface area contributed by atoms with Gasteiger partial charge in [0.15, 0.2) is 11.6 Å². The van der Waals surface area contributed by atoms with Crippen LogP contribution in [0.1, 0.15) is 5.82 Å². The summed E-state index contributed by atoms with van der Waals surface area (Å²) in [5, 5.41) is 0. The third kappa shape index (κ3) is 1.64. The maximum absolute atomic E-state index is 4.21. The van der Waals surface area contributed by atoms with E-state index in [2.05, 4.69) is 26.5 Å². The Morgan fingerprint density at radius 2 is 1.86 bits per heavy atom. The summed E-state index contributed by atoms with van der Waals surface area (Å²) in [6.45, 7) is 3.60. The van der Waals surface area contributed by atoms with Gasteiger partial charge in [-0.3, -0.25) is 0 Å². The summed E-state index contributed by atoms with van der Waals surface area (Å²) in [6, 6.07) is 3.53. The lowest BCUT2D eigenvalue weighted by atomic mass is 10.3. The lowest BCUT2D eigenvalue weighted by Crippen LogP contribution is -1.93. The highest BCUT2D eigenvalue weighted by Crippen LogP contribution is 2.09. The Balaban J connectivity index is 2.47. The monoisotopic (exact) mass is 184 g/mol. The average molecular weight is 184 g/mol. The van der Waals surface area contributed by atoms with E-state index in [1.54, 1.807) is 36.8 Å². The van der Waals surface area contributed by atoms with Crippen molar-refractivity contribution in [3.63, 3.8) is 0 Å². The van der Waals surface area contributed by atoms with E-state index < -0.39 is 0 Å². The summed E-state index contributed by atoms with van der Waals surface area (Å²) in [5.74, 6) is 1.17. The summed E-state index contributed by atoms with van der Waals surface area (Å²) >= 11 is 0. The van der Waals surface area contributed by atoms with Gasteiger partial charge in [0, 0.05) is 18.6 Å². The SMILES string of the molecule is C=Cc1nccc(-c2ncccn2)n1. The van der Waals surface area contributed by atoms with Crippen molar-refractivity contribution < 1.29 is 0 Å². The van der Waals surface area contributed by atoms with E-state index >= 15 is 0 Å². The summed E-state index contributed by atoms with van der Waals surface area (Å²) in [5.41, 5.74) is 0.704. The Labute approximate surface area is 81.4 Å². The molecule has 0 radical (unpaired) electrons. The van der Waals surface area contributed by atoms with E-state index in [1.165, 1.54) is 0 Å². The molecule has 0 fully saturated rings. The molecule has 4 nitrogen and oxygen atoms in total. The molecule has 0 aliphatic carbocycles. The van der Waals surface area contributed by atoms with E-state index in [-0.39, 0.29) is 0 Å². The summed E-state index contributed by atoms with van der Waals surface area (Å²) < 4.78 is 0. The molecule has 2 aromatic heterocycles. The number of rotatable bonds is 2. The molecule has 0 amide bonds. The Morgan fingerprint density at radius 1 is 1.07 bits per heavy atom. The molecule has 0 aliphatic rings. The molecule has 2 heterocycles. The van der Waals surface area contributed by atoms with Crippen LogP contribution in [-0.2, 0) is 0 Å². The fourth-order valence-corrected chi connectivity index (χ4v) is 1.03. The minimum Gasteiger partial charge on any atom is -0.237 e. The molecular weight excluding hydrogens is 176 g/mol. The predicted octanol–water partition coefficient (Wildman–Crippen LogP) is 1.58. The first-order chi connectivity index (χ1) is 6.90. The van der Waals surface area contributed by atoms with E-state index in [0.29, 0.717) is 17.3 Å². The maximum Gasteiger partial charge on any atom is 0.178 e. The first-order valence-corrected chi connectivity index (χ1v) is 4.13. The van der Waals surface area contributed by atoms with Gasteiger partial charge in [0.25, 0.3) is 0 Å². The van der Waals surface area contributed by atoms with Gasteiger partial charge in [-0.05, 0) is 18.2 Å². The van der Waals surface area contributed by atoms with Crippen LogP contribution in [0.15, 0.2) is 37.3 Å². The van der Waals surface area contributed by atoms with E-state index in [1.807, 2.05) is 0 Å². The van der Waals surface area contributed by atoms with Gasteiger partial charge in [0.1, 0.15) is 5.69 Å². The maximum atomic E-state index is 4.21. The van der Waals surface area contributed by atoms with Crippen LogP contribution in [0.5, 0.6) is 0 Å². The van der Waals surface area contributed by atoms with Crippen molar-refractivity contribution >= 4 is 6.08 Å². The number of hydrogen-bond donors (Lipinski definition) is 0. The fourth-order valence-electron chi connectivity index (χ4n) is 1.03. The summed E-state index contributed by atoms with van der Waals surface area (Å²) in [7, 11) is 0. The molecule has 0 saturated heterocycles. The van der Waals surface area contributed by atoms with Crippen LogP contribution in [0.2, 0.25) is 0 Å². The van der Waals surface area contributed by atoms with Gasteiger partial charge < -0.3 is 0 Å². The zero-order chi connectivity index (χ0) is 9.80. The van der Waals surface area contributed by atoms with Crippen molar-refractivity contribution in [1.82, 2.24) is 19.9 Å². The van der Waals surface area contributed by atoms with Gasteiger partial charge >= 0.3 is 0 Å². The number of hydrogen-bond acceptors (Lipinski definition) is 4. The molecule has 14 heavy (non-hydrogen) atoms. The van der Waals surface area contributed by atoms with Crippen molar-refractivity contribution in [3.8, 4) is 11.5 Å². The molecule has 0 saturated carbocycles. The highest BCUT2D eigenvalue weighted by Gasteiger charge is 2.01. The van der Waals surface area contributed by atoms with Gasteiger partial charge in [-0.2, -0.15) is 0 Å². The number of aromatic nitrogens is 4. The molecule has 0 unspecified atom stereocenters. The largest absolute Gasteiger partial charge is 0.237 e. The van der Waals surface area contributed by atoms with E-state index in [4.69, 9.17) is 0 Å². The van der Waals surface area contributed by atoms with Crippen molar-refractivity contribution in [3.05, 3.63) is 43.1 Å². The Hall–Kier alpha value is -2.10. The molecule has 0 spiro atoms. The molecule has 0 N–H and O–H groups in total. The minimum absolute atomic E-state index is 0.579. The summed E-state index contributed by atoms with van der Waals surface area (Å²) in [6.07, 6.45) is 6.61. The lowest BCUT2D eigenvalue weighted by molar-refractivity contribution is 1.09. The van der Waals surface area contributed by atoms with Gasteiger partial charge in [-0.15, -0.1) is 0 Å². The first kappa shape index (κ1) is 8.50. The average Bonchev–Trinajstić information content (AvgIpc) is 2.30. The third-order valence-corrected chi connectivity index (χ3v) is 1.65. The number of nitrogens with zero attached hydrogens (tertiary/aromatic N) is 4. The molecule has 4 heteroatoms. The normalized spacial score (nSPS) is 9.71. The van der Waals surface area contributed by atoms with E-state index in [0.717, 1.165) is 0 Å². The molecule has 2 aromatic rings. The van der Waals surface area contributed by atoms with Crippen LogP contribution in [-0.4, -0.2) is 19.9 Å². The van der Waals surface area contributed by atoms with E-state index in [9.17, 15) is 0 Å². The smallest absolute Gasteiger partial charge is 0.178 e. The van der Waals surface area contributed by atoms with Crippen LogP contribution in [0, 0.1) is 0 Å². The standard InChI is InChI=1S/C10H8N4/c1-2-9-11-7-4-8(14-9)10-12-5-3-6-13-10/h2-7H,1H2. The van der Waals surface area contributed by atoms with Crippen LogP contribution >= 0.6 is 0 Å². The Kier molecular flexibility index (Phi) is 2.27. The van der Waals surface area contributed by atoms with Gasteiger partial charge in [0.2, 0.25) is 0 Å². The zero-order valence-electron chi connectivity index (χ0n) is 7.46. The summed E-state index contributed by atoms with van der Waals surface area (Å²) in [4.78, 5) is 16.4. The predicted molar refractivity (Wildman–Crippen MR) is 53.1 cm³/mol. The van der Waals surface area contributed by atoms with Crippen molar-refractivity contribution in [2.45, 2.75) is 0 Å². The highest BCUT2D eigenvalue weighted by atomic mass is 14.9. The van der Waals surface area contributed by atoms with Gasteiger partial charge in [-0.25, -0.2) is 19.9 Å². The first-order valence-electron chi connectivity index (χ1n) is 4.13. The molecule has 0 aliphatic heterocycles. The molecular formula is C10H8N4. The van der Waals surface area contributed by atoms with Crippen LogP contribution < -0.4 is 0 Å². The Morgan fingerprint density at radius 3 is 2.57 bits per heavy atom. The fraction of sp³-hybridized carbons (Fsp3) is 0. The minimum atomic E-state index is 0.579. The van der Waals surface area contributed by atoms with Crippen LogP contribution in [0.25, 0.3) is 17.6 Å². The second-order valence-electron chi connectivity index (χ2n) is 2.58. The topological polar surface area (TPSA) is 51.6 Å². The highest BCUT2D eigenvalue weighted by molar-refractivity contribution is 5.50. The van der Waals surface area contributed by atoms with Crippen molar-refractivity contribution in [1.29, 1.82) is 0 Å². The molecule has 2 rings (SSSR count). The van der Waals surface area contributed by atoms with Crippen molar-refractivity contribution in [2.24, 2.45) is 0 Å². The second-order valence-corrected chi connectivity index (χ2v) is 2.58. The Bertz CT molecular complexity index is 439. The van der Waals surface area contributed by atoms with Crippen LogP contribution in [0.3, 0.4) is 0 Å². The lowest BCUT2D eigenvalue weighted by Gasteiger charge is -1.98. The molecule has 0 atom stereocenters. The molecule has 68 valence electrons. The second kappa shape index (κ2) is 3.74. The van der Waals surface area contributed by atoms with Crippen LogP contribution in [0.4, 0.5) is 0 Å². The van der Waals surface area contributed by atoms with Crippen molar-refractivity contribution in [2.75, 3.05) is 0 Å². The molecule has 0 bridgehead atoms. The van der Waals surface area contributed by atoms with Gasteiger partial charge in [-0.1, -0.05) is 6.58 Å².